The predicted octanol–water partition coefficient (Wildman–Crippen LogP) is 2.48. The summed E-state index contributed by atoms with van der Waals surface area (Å²) in [5.74, 6) is 1.000. The molecule has 1 aromatic rings. The molecule has 0 aromatic heterocycles. The molecule has 21 heavy (non-hydrogen) atoms. The number of benzene rings is 1. The lowest BCUT2D eigenvalue weighted by atomic mass is 9.84. The van der Waals surface area contributed by atoms with E-state index in [1.807, 2.05) is 26.1 Å². The van der Waals surface area contributed by atoms with Gasteiger partial charge in [0, 0.05) is 25.7 Å². The summed E-state index contributed by atoms with van der Waals surface area (Å²) < 4.78 is 5.40. The van der Waals surface area contributed by atoms with E-state index in [9.17, 15) is 4.79 Å². The standard InChI is InChI=1S/C17H26N2O2/c1-13-6-7-15(21-3)14(10-13)11-19(2)16(20)17(12-18)8-4-5-9-17/h6-7,10H,4-5,8-9,11-12,18H2,1-3H3. The van der Waals surface area contributed by atoms with Crippen LogP contribution in [-0.4, -0.2) is 31.5 Å². The summed E-state index contributed by atoms with van der Waals surface area (Å²) in [6.45, 7) is 3.05. The molecule has 116 valence electrons. The van der Waals surface area contributed by atoms with Crippen molar-refractivity contribution in [2.45, 2.75) is 39.2 Å². The molecule has 0 aliphatic heterocycles. The highest BCUT2D eigenvalue weighted by Gasteiger charge is 2.41. The quantitative estimate of drug-likeness (QED) is 0.906. The third kappa shape index (κ3) is 3.21. The zero-order chi connectivity index (χ0) is 15.5. The molecular weight excluding hydrogens is 264 g/mol. The Balaban J connectivity index is 2.15. The summed E-state index contributed by atoms with van der Waals surface area (Å²) in [7, 11) is 3.52. The van der Waals surface area contributed by atoms with E-state index in [0.717, 1.165) is 37.0 Å². The van der Waals surface area contributed by atoms with Gasteiger partial charge in [-0.1, -0.05) is 30.5 Å². The Labute approximate surface area is 127 Å². The van der Waals surface area contributed by atoms with Gasteiger partial charge in [-0.05, 0) is 25.8 Å². The van der Waals surface area contributed by atoms with Gasteiger partial charge in [0.1, 0.15) is 5.75 Å². The van der Waals surface area contributed by atoms with E-state index >= 15 is 0 Å². The van der Waals surface area contributed by atoms with Crippen molar-refractivity contribution in [3.05, 3.63) is 29.3 Å². The van der Waals surface area contributed by atoms with Crippen molar-refractivity contribution >= 4 is 5.91 Å². The van der Waals surface area contributed by atoms with Crippen LogP contribution in [0.3, 0.4) is 0 Å². The average molecular weight is 290 g/mol. The van der Waals surface area contributed by atoms with Gasteiger partial charge in [-0.25, -0.2) is 0 Å². The number of nitrogens with two attached hydrogens (primary N) is 1. The summed E-state index contributed by atoms with van der Waals surface area (Å²) in [5, 5.41) is 0. The van der Waals surface area contributed by atoms with Crippen molar-refractivity contribution in [3.8, 4) is 5.75 Å². The van der Waals surface area contributed by atoms with Gasteiger partial charge in [-0.2, -0.15) is 0 Å². The van der Waals surface area contributed by atoms with E-state index in [1.54, 1.807) is 12.0 Å². The van der Waals surface area contributed by atoms with Crippen molar-refractivity contribution in [3.63, 3.8) is 0 Å². The second kappa shape index (κ2) is 6.48. The van der Waals surface area contributed by atoms with E-state index in [2.05, 4.69) is 6.07 Å². The third-order valence-corrected chi connectivity index (χ3v) is 4.60. The molecule has 2 N–H and O–H groups in total. The number of aryl methyl sites for hydroxylation is 1. The number of rotatable bonds is 5. The van der Waals surface area contributed by atoms with E-state index in [1.165, 1.54) is 5.56 Å². The first-order chi connectivity index (χ1) is 10.0. The fourth-order valence-corrected chi connectivity index (χ4v) is 3.32. The van der Waals surface area contributed by atoms with Crippen molar-refractivity contribution in [2.75, 3.05) is 20.7 Å². The minimum absolute atomic E-state index is 0.172. The van der Waals surface area contributed by atoms with Gasteiger partial charge in [0.05, 0.1) is 12.5 Å². The topological polar surface area (TPSA) is 55.6 Å². The van der Waals surface area contributed by atoms with Crippen molar-refractivity contribution in [1.82, 2.24) is 4.90 Å². The largest absolute Gasteiger partial charge is 0.496 e. The molecule has 0 saturated heterocycles. The normalized spacial score (nSPS) is 16.8. The number of ether oxygens (including phenoxy) is 1. The molecule has 0 radical (unpaired) electrons. The van der Waals surface area contributed by atoms with Gasteiger partial charge < -0.3 is 15.4 Å². The molecule has 2 rings (SSSR count). The maximum absolute atomic E-state index is 12.8. The Morgan fingerprint density at radius 1 is 1.38 bits per heavy atom. The first kappa shape index (κ1) is 15.8. The van der Waals surface area contributed by atoms with Crippen LogP contribution >= 0.6 is 0 Å². The molecule has 1 aromatic carbocycles. The molecular formula is C17H26N2O2. The Hall–Kier alpha value is -1.55. The molecule has 0 atom stereocenters. The van der Waals surface area contributed by atoms with Crippen LogP contribution in [-0.2, 0) is 11.3 Å². The molecule has 1 amide bonds. The number of amides is 1. The lowest BCUT2D eigenvalue weighted by Gasteiger charge is -2.31. The highest BCUT2D eigenvalue weighted by Crippen LogP contribution is 2.39. The van der Waals surface area contributed by atoms with Gasteiger partial charge >= 0.3 is 0 Å². The van der Waals surface area contributed by atoms with Crippen LogP contribution in [0.5, 0.6) is 5.75 Å². The lowest BCUT2D eigenvalue weighted by molar-refractivity contribution is -0.140. The van der Waals surface area contributed by atoms with Gasteiger partial charge in [0.25, 0.3) is 0 Å². The smallest absolute Gasteiger partial charge is 0.230 e. The van der Waals surface area contributed by atoms with Crippen LogP contribution in [0.25, 0.3) is 0 Å². The van der Waals surface area contributed by atoms with Crippen LogP contribution in [0, 0.1) is 12.3 Å². The Kier molecular flexibility index (Phi) is 4.88. The molecule has 1 aliphatic rings. The molecule has 0 unspecified atom stereocenters. The number of methoxy groups -OCH3 is 1. The minimum Gasteiger partial charge on any atom is -0.496 e. The zero-order valence-electron chi connectivity index (χ0n) is 13.3. The van der Waals surface area contributed by atoms with Gasteiger partial charge in [-0.15, -0.1) is 0 Å². The van der Waals surface area contributed by atoms with Gasteiger partial charge in [-0.3, -0.25) is 4.79 Å². The monoisotopic (exact) mass is 290 g/mol. The lowest BCUT2D eigenvalue weighted by Crippen LogP contribution is -2.44. The maximum atomic E-state index is 12.8. The highest BCUT2D eigenvalue weighted by atomic mass is 16.5. The Morgan fingerprint density at radius 2 is 2.05 bits per heavy atom. The molecule has 4 heteroatoms. The fraction of sp³-hybridized carbons (Fsp3) is 0.588. The number of carbonyl (C=O) groups is 1. The van der Waals surface area contributed by atoms with Gasteiger partial charge in [0.2, 0.25) is 5.91 Å². The molecule has 0 heterocycles. The molecule has 0 spiro atoms. The number of hydrogen-bond donors (Lipinski definition) is 1. The Morgan fingerprint density at radius 3 is 2.62 bits per heavy atom. The zero-order valence-corrected chi connectivity index (χ0v) is 13.3. The van der Waals surface area contributed by atoms with Crippen molar-refractivity contribution in [1.29, 1.82) is 0 Å². The molecule has 1 aliphatic carbocycles. The van der Waals surface area contributed by atoms with Crippen LogP contribution in [0.15, 0.2) is 18.2 Å². The second-order valence-corrected chi connectivity index (χ2v) is 6.17. The third-order valence-electron chi connectivity index (χ3n) is 4.60. The van der Waals surface area contributed by atoms with Crippen LogP contribution < -0.4 is 10.5 Å². The predicted molar refractivity (Wildman–Crippen MR) is 84.2 cm³/mol. The summed E-state index contributed by atoms with van der Waals surface area (Å²) in [6, 6.07) is 6.05. The SMILES string of the molecule is COc1ccc(C)cc1CN(C)C(=O)C1(CN)CCCC1. The molecule has 0 bridgehead atoms. The highest BCUT2D eigenvalue weighted by molar-refractivity contribution is 5.83. The first-order valence-corrected chi connectivity index (χ1v) is 7.61. The fourth-order valence-electron chi connectivity index (χ4n) is 3.32. The minimum atomic E-state index is -0.341. The number of hydrogen-bond acceptors (Lipinski definition) is 3. The number of carbonyl (C=O) groups excluding carboxylic acids is 1. The summed E-state index contributed by atoms with van der Waals surface area (Å²) in [5.41, 5.74) is 7.78. The maximum Gasteiger partial charge on any atom is 0.230 e. The Bertz CT molecular complexity index is 508. The van der Waals surface area contributed by atoms with Crippen LogP contribution in [0.1, 0.15) is 36.8 Å². The second-order valence-electron chi connectivity index (χ2n) is 6.17. The van der Waals surface area contributed by atoms with E-state index in [-0.39, 0.29) is 11.3 Å². The molecule has 1 saturated carbocycles. The first-order valence-electron chi connectivity index (χ1n) is 7.61. The molecule has 4 nitrogen and oxygen atoms in total. The van der Waals surface area contributed by atoms with Gasteiger partial charge in [0.15, 0.2) is 0 Å². The molecule has 1 fully saturated rings. The van der Waals surface area contributed by atoms with Crippen molar-refractivity contribution < 1.29 is 9.53 Å². The van der Waals surface area contributed by atoms with E-state index in [4.69, 9.17) is 10.5 Å². The van der Waals surface area contributed by atoms with Crippen LogP contribution in [0.2, 0.25) is 0 Å². The summed E-state index contributed by atoms with van der Waals surface area (Å²) in [6.07, 6.45) is 4.03. The average Bonchev–Trinajstić information content (AvgIpc) is 2.96. The summed E-state index contributed by atoms with van der Waals surface area (Å²) in [4.78, 5) is 14.6. The van der Waals surface area contributed by atoms with E-state index < -0.39 is 0 Å². The van der Waals surface area contributed by atoms with Crippen molar-refractivity contribution in [2.24, 2.45) is 11.1 Å². The van der Waals surface area contributed by atoms with E-state index in [0.29, 0.717) is 13.1 Å². The number of nitrogens with zero attached hydrogens (tertiary/aromatic N) is 1. The van der Waals surface area contributed by atoms with Crippen LogP contribution in [0.4, 0.5) is 0 Å². The summed E-state index contributed by atoms with van der Waals surface area (Å²) >= 11 is 0.